The molecule has 156 valence electrons. The molecule has 1 aliphatic rings. The van der Waals surface area contributed by atoms with E-state index in [4.69, 9.17) is 16.3 Å². The lowest BCUT2D eigenvalue weighted by molar-refractivity contribution is -0.122. The Morgan fingerprint density at radius 2 is 2.19 bits per heavy atom. The molecule has 31 heavy (non-hydrogen) atoms. The summed E-state index contributed by atoms with van der Waals surface area (Å²) in [5, 5.41) is 16.8. The molecule has 2 amide bonds. The Morgan fingerprint density at radius 3 is 2.90 bits per heavy atom. The van der Waals surface area contributed by atoms with Crippen molar-refractivity contribution >= 4 is 34.9 Å². The lowest BCUT2D eigenvalue weighted by Gasteiger charge is -2.20. The van der Waals surface area contributed by atoms with Gasteiger partial charge in [-0.15, -0.1) is 0 Å². The van der Waals surface area contributed by atoms with Crippen LogP contribution in [0.15, 0.2) is 48.8 Å². The largest absolute Gasteiger partial charge is 0.495 e. The van der Waals surface area contributed by atoms with Crippen LogP contribution < -0.4 is 15.0 Å². The Hall–Kier alpha value is -3.90. The topological polar surface area (TPSA) is 113 Å². The van der Waals surface area contributed by atoms with E-state index in [1.54, 1.807) is 42.6 Å². The van der Waals surface area contributed by atoms with Crippen LogP contribution >= 0.6 is 11.6 Å². The average molecular weight is 437 g/mol. The van der Waals surface area contributed by atoms with Gasteiger partial charge in [-0.05, 0) is 30.3 Å². The maximum absolute atomic E-state index is 13.0. The monoisotopic (exact) mass is 436 g/mol. The highest BCUT2D eigenvalue weighted by atomic mass is 35.5. The van der Waals surface area contributed by atoms with Gasteiger partial charge < -0.3 is 15.0 Å². The lowest BCUT2D eigenvalue weighted by atomic mass is 10.1. The van der Waals surface area contributed by atoms with E-state index in [1.165, 1.54) is 22.9 Å². The van der Waals surface area contributed by atoms with Crippen molar-refractivity contribution in [2.24, 2.45) is 5.92 Å². The Labute approximate surface area is 182 Å². The van der Waals surface area contributed by atoms with Gasteiger partial charge in [-0.3, -0.25) is 9.59 Å². The zero-order valence-corrected chi connectivity index (χ0v) is 17.2. The first-order valence-electron chi connectivity index (χ1n) is 9.36. The van der Waals surface area contributed by atoms with Gasteiger partial charge in [0.2, 0.25) is 11.8 Å². The Bertz CT molecular complexity index is 1190. The third kappa shape index (κ3) is 3.93. The fraction of sp³-hybridized carbons (Fsp3) is 0.190. The molecular weight excluding hydrogens is 420 g/mol. The molecule has 1 aliphatic heterocycles. The van der Waals surface area contributed by atoms with Crippen LogP contribution in [-0.2, 0) is 9.59 Å². The van der Waals surface area contributed by atoms with E-state index in [0.717, 1.165) is 0 Å². The first-order chi connectivity index (χ1) is 15.0. The van der Waals surface area contributed by atoms with Gasteiger partial charge in [0.05, 0.1) is 24.9 Å². The molecule has 0 radical (unpaired) electrons. The number of methoxy groups -OCH3 is 1. The van der Waals surface area contributed by atoms with Crippen molar-refractivity contribution in [2.75, 3.05) is 23.9 Å². The summed E-state index contributed by atoms with van der Waals surface area (Å²) in [6.07, 6.45) is 2.95. The highest BCUT2D eigenvalue weighted by molar-refractivity contribution is 6.31. The normalized spacial score (nSPS) is 15.6. The molecule has 4 rings (SSSR count). The molecule has 1 N–H and O–H groups in total. The highest BCUT2D eigenvalue weighted by Gasteiger charge is 2.37. The zero-order valence-electron chi connectivity index (χ0n) is 16.4. The van der Waals surface area contributed by atoms with Crippen LogP contribution in [0.1, 0.15) is 12.0 Å². The first kappa shape index (κ1) is 20.4. The number of hydrogen-bond donors (Lipinski definition) is 1. The van der Waals surface area contributed by atoms with Gasteiger partial charge in [-0.25, -0.2) is 4.98 Å². The van der Waals surface area contributed by atoms with Crippen LogP contribution in [0, 0.1) is 17.2 Å². The number of hydrogen-bond acceptors (Lipinski definition) is 6. The van der Waals surface area contributed by atoms with E-state index in [-0.39, 0.29) is 30.3 Å². The Kier molecular flexibility index (Phi) is 5.56. The predicted octanol–water partition coefficient (Wildman–Crippen LogP) is 2.79. The molecule has 3 heterocycles. The molecule has 3 aromatic rings. The van der Waals surface area contributed by atoms with Crippen molar-refractivity contribution in [3.63, 3.8) is 0 Å². The smallest absolute Gasteiger partial charge is 0.231 e. The Balaban J connectivity index is 1.58. The van der Waals surface area contributed by atoms with E-state index in [9.17, 15) is 14.9 Å². The molecule has 9 nitrogen and oxygen atoms in total. The number of nitriles is 1. The quantitative estimate of drug-likeness (QED) is 0.658. The van der Waals surface area contributed by atoms with Crippen LogP contribution in [0.2, 0.25) is 5.02 Å². The van der Waals surface area contributed by atoms with Crippen molar-refractivity contribution in [1.82, 2.24) is 14.8 Å². The summed E-state index contributed by atoms with van der Waals surface area (Å²) in [5.74, 6) is -0.108. The van der Waals surface area contributed by atoms with Crippen molar-refractivity contribution in [1.29, 1.82) is 5.26 Å². The van der Waals surface area contributed by atoms with Gasteiger partial charge >= 0.3 is 0 Å². The zero-order chi connectivity index (χ0) is 22.0. The lowest BCUT2D eigenvalue weighted by Crippen LogP contribution is -2.29. The number of nitrogens with one attached hydrogen (secondary N) is 1. The second-order valence-electron chi connectivity index (χ2n) is 6.83. The fourth-order valence-electron chi connectivity index (χ4n) is 3.41. The van der Waals surface area contributed by atoms with Gasteiger partial charge in [0.25, 0.3) is 0 Å². The van der Waals surface area contributed by atoms with Crippen LogP contribution in [0.4, 0.5) is 11.5 Å². The van der Waals surface area contributed by atoms with Crippen molar-refractivity contribution in [3.05, 3.63) is 59.4 Å². The molecule has 1 saturated heterocycles. The standard InChI is InChI=1S/C21H17ClN6O3/c1-31-17-6-5-15(22)9-16(17)27-12-13(8-19(27)29)21(30)26-20-14(10-23)11-25-28(20)18-4-2-3-7-24-18/h2-7,9,11,13H,8,12H2,1H3,(H,26,30). The van der Waals surface area contributed by atoms with E-state index in [1.807, 2.05) is 6.07 Å². The minimum Gasteiger partial charge on any atom is -0.495 e. The van der Waals surface area contributed by atoms with Crippen LogP contribution in [0.25, 0.3) is 5.82 Å². The molecular formula is C21H17ClN6O3. The molecule has 10 heteroatoms. The number of nitrogens with zero attached hydrogens (tertiary/aromatic N) is 5. The van der Waals surface area contributed by atoms with Gasteiger partial charge in [0, 0.05) is 24.2 Å². The highest BCUT2D eigenvalue weighted by Crippen LogP contribution is 2.35. The molecule has 1 unspecified atom stereocenters. The number of amides is 2. The molecule has 0 bridgehead atoms. The van der Waals surface area contributed by atoms with Crippen molar-refractivity contribution in [3.8, 4) is 17.6 Å². The summed E-state index contributed by atoms with van der Waals surface area (Å²) in [6, 6.07) is 12.2. The SMILES string of the molecule is COc1ccc(Cl)cc1N1CC(C(=O)Nc2c(C#N)cnn2-c2ccccn2)CC1=O. The number of rotatable bonds is 5. The van der Waals surface area contributed by atoms with Gasteiger partial charge in [-0.1, -0.05) is 17.7 Å². The van der Waals surface area contributed by atoms with Gasteiger partial charge in [0.15, 0.2) is 11.6 Å². The molecule has 1 fully saturated rings. The summed E-state index contributed by atoms with van der Waals surface area (Å²) in [5.41, 5.74) is 0.697. The molecule has 0 spiro atoms. The molecule has 1 aromatic carbocycles. The fourth-order valence-corrected chi connectivity index (χ4v) is 3.58. The number of anilines is 2. The number of aromatic nitrogens is 3. The number of ether oxygens (including phenoxy) is 1. The number of benzene rings is 1. The summed E-state index contributed by atoms with van der Waals surface area (Å²) in [4.78, 5) is 31.3. The predicted molar refractivity (Wildman–Crippen MR) is 113 cm³/mol. The average Bonchev–Trinajstić information content (AvgIpc) is 3.37. The van der Waals surface area contributed by atoms with Gasteiger partial charge in [0.1, 0.15) is 17.4 Å². The summed E-state index contributed by atoms with van der Waals surface area (Å²) >= 11 is 6.08. The first-order valence-corrected chi connectivity index (χ1v) is 9.74. The van der Waals surface area contributed by atoms with Crippen LogP contribution in [0.3, 0.4) is 0 Å². The molecule has 1 atom stereocenters. The molecule has 2 aromatic heterocycles. The molecule has 0 saturated carbocycles. The second-order valence-corrected chi connectivity index (χ2v) is 7.27. The second kappa shape index (κ2) is 8.45. The maximum Gasteiger partial charge on any atom is 0.231 e. The van der Waals surface area contributed by atoms with E-state index >= 15 is 0 Å². The minimum absolute atomic E-state index is 0.0150. The van der Waals surface area contributed by atoms with Crippen LogP contribution in [-0.4, -0.2) is 40.2 Å². The number of halogens is 1. The summed E-state index contributed by atoms with van der Waals surface area (Å²) in [7, 11) is 1.50. The van der Waals surface area contributed by atoms with E-state index < -0.39 is 11.8 Å². The van der Waals surface area contributed by atoms with Crippen LogP contribution in [0.5, 0.6) is 5.75 Å². The summed E-state index contributed by atoms with van der Waals surface area (Å²) < 4.78 is 6.71. The maximum atomic E-state index is 13.0. The number of carbonyl (C=O) groups is 2. The molecule has 0 aliphatic carbocycles. The van der Waals surface area contributed by atoms with Gasteiger partial charge in [-0.2, -0.15) is 15.0 Å². The van der Waals surface area contributed by atoms with Crippen molar-refractivity contribution in [2.45, 2.75) is 6.42 Å². The van der Waals surface area contributed by atoms with E-state index in [0.29, 0.717) is 22.3 Å². The number of carbonyl (C=O) groups excluding carboxylic acids is 2. The van der Waals surface area contributed by atoms with E-state index in [2.05, 4.69) is 15.4 Å². The third-order valence-electron chi connectivity index (χ3n) is 4.93. The summed E-state index contributed by atoms with van der Waals surface area (Å²) in [6.45, 7) is 0.154. The number of pyridine rings is 1. The minimum atomic E-state index is -0.630. The Morgan fingerprint density at radius 1 is 1.35 bits per heavy atom. The van der Waals surface area contributed by atoms with Crippen molar-refractivity contribution < 1.29 is 14.3 Å². The third-order valence-corrected chi connectivity index (χ3v) is 5.16.